The maximum Gasteiger partial charge on any atom is 0.311 e. The number of nitrogens with zero attached hydrogens (tertiary/aromatic N) is 1. The summed E-state index contributed by atoms with van der Waals surface area (Å²) in [6.07, 6.45) is -0.112. The number of para-hydroxylation sites is 1. The van der Waals surface area contributed by atoms with Crippen LogP contribution in [0.25, 0.3) is 0 Å². The number of aldehydes is 1. The largest absolute Gasteiger partial charge is 0.423 e. The summed E-state index contributed by atoms with van der Waals surface area (Å²) in [6.45, 7) is 6.83. The Morgan fingerprint density at radius 2 is 1.59 bits per heavy atom. The van der Waals surface area contributed by atoms with Crippen LogP contribution >= 0.6 is 0 Å². The number of carbonyl (C=O) groups excluding carboxylic acids is 3. The van der Waals surface area contributed by atoms with Crippen LogP contribution in [-0.2, 0) is 28.7 Å². The molecule has 1 saturated heterocycles. The quantitative estimate of drug-likeness (QED) is 0.410. The van der Waals surface area contributed by atoms with Gasteiger partial charge in [-0.05, 0) is 25.0 Å². The van der Waals surface area contributed by atoms with E-state index in [0.717, 1.165) is 6.29 Å². The second kappa shape index (κ2) is 9.50. The van der Waals surface area contributed by atoms with E-state index in [-0.39, 0.29) is 11.8 Å². The molecule has 7 heteroatoms. The molecule has 0 saturated carbocycles. The van der Waals surface area contributed by atoms with E-state index in [0.29, 0.717) is 18.5 Å². The SMILES string of the molecule is CC(C)C(=O)OC(OC(=O)C(C)C)[C@H]1CC[C@H](C=O)ON1c1ccccc1. The summed E-state index contributed by atoms with van der Waals surface area (Å²) in [5.41, 5.74) is 0.681. The molecule has 2 rings (SSSR count). The molecular formula is C20H27NO6. The fourth-order valence-electron chi connectivity index (χ4n) is 2.58. The van der Waals surface area contributed by atoms with Crippen molar-refractivity contribution in [1.82, 2.24) is 0 Å². The van der Waals surface area contributed by atoms with Gasteiger partial charge in [0.25, 0.3) is 6.29 Å². The van der Waals surface area contributed by atoms with Crippen molar-refractivity contribution < 1.29 is 28.7 Å². The van der Waals surface area contributed by atoms with E-state index < -0.39 is 30.4 Å². The number of hydrogen-bond donors (Lipinski definition) is 0. The standard InChI is InChI=1S/C20H27NO6/c1-13(2)18(23)25-20(26-19(24)14(3)4)17-11-10-16(12-22)27-21(17)15-8-6-5-7-9-15/h5-9,12-14,16-17,20H,10-11H2,1-4H3/t16-,17-/m1/s1. The average Bonchev–Trinajstić information content (AvgIpc) is 2.67. The second-order valence-corrected chi connectivity index (χ2v) is 7.14. The molecular weight excluding hydrogens is 350 g/mol. The fraction of sp³-hybridized carbons (Fsp3) is 0.550. The topological polar surface area (TPSA) is 82.1 Å². The normalized spacial score (nSPS) is 20.0. The van der Waals surface area contributed by atoms with Crippen LogP contribution in [0.5, 0.6) is 0 Å². The third-order valence-corrected chi connectivity index (χ3v) is 4.18. The number of rotatable bonds is 7. The maximum absolute atomic E-state index is 12.2. The molecule has 27 heavy (non-hydrogen) atoms. The van der Waals surface area contributed by atoms with Gasteiger partial charge in [-0.2, -0.15) is 0 Å². The molecule has 0 radical (unpaired) electrons. The summed E-state index contributed by atoms with van der Waals surface area (Å²) in [5, 5.41) is 1.51. The highest BCUT2D eigenvalue weighted by Crippen LogP contribution is 2.30. The Balaban J connectivity index is 2.32. The molecule has 1 aromatic carbocycles. The summed E-state index contributed by atoms with van der Waals surface area (Å²) in [7, 11) is 0. The van der Waals surface area contributed by atoms with Crippen LogP contribution in [0.1, 0.15) is 40.5 Å². The third-order valence-electron chi connectivity index (χ3n) is 4.18. The number of anilines is 1. The van der Waals surface area contributed by atoms with Crippen LogP contribution in [0, 0.1) is 11.8 Å². The van der Waals surface area contributed by atoms with Crippen LogP contribution in [0.3, 0.4) is 0 Å². The molecule has 0 N–H and O–H groups in total. The average molecular weight is 377 g/mol. The van der Waals surface area contributed by atoms with Crippen molar-refractivity contribution >= 4 is 23.9 Å². The van der Waals surface area contributed by atoms with Crippen molar-refractivity contribution in [1.29, 1.82) is 0 Å². The smallest absolute Gasteiger partial charge is 0.311 e. The van der Waals surface area contributed by atoms with Crippen LogP contribution in [0.2, 0.25) is 0 Å². The minimum atomic E-state index is -1.14. The lowest BCUT2D eigenvalue weighted by Gasteiger charge is -2.41. The van der Waals surface area contributed by atoms with E-state index >= 15 is 0 Å². The molecule has 1 fully saturated rings. The zero-order chi connectivity index (χ0) is 20.0. The predicted octanol–water partition coefficient (Wildman–Crippen LogP) is 2.88. The number of ether oxygens (including phenoxy) is 2. The highest BCUT2D eigenvalue weighted by molar-refractivity contribution is 5.73. The molecule has 1 aliphatic heterocycles. The van der Waals surface area contributed by atoms with Gasteiger partial charge in [0.1, 0.15) is 12.1 Å². The zero-order valence-corrected chi connectivity index (χ0v) is 16.2. The Hall–Kier alpha value is -2.41. The molecule has 0 aromatic heterocycles. The Bertz CT molecular complexity index is 623. The van der Waals surface area contributed by atoms with Crippen molar-refractivity contribution in [3.05, 3.63) is 30.3 Å². The van der Waals surface area contributed by atoms with Gasteiger partial charge in [-0.3, -0.25) is 14.4 Å². The van der Waals surface area contributed by atoms with E-state index in [1.165, 1.54) is 5.06 Å². The third kappa shape index (κ3) is 5.53. The van der Waals surface area contributed by atoms with Crippen LogP contribution in [0.4, 0.5) is 5.69 Å². The molecule has 2 atom stereocenters. The van der Waals surface area contributed by atoms with Crippen molar-refractivity contribution in [2.24, 2.45) is 11.8 Å². The molecule has 1 heterocycles. The van der Waals surface area contributed by atoms with Crippen molar-refractivity contribution in [2.45, 2.75) is 59.0 Å². The zero-order valence-electron chi connectivity index (χ0n) is 16.2. The summed E-state index contributed by atoms with van der Waals surface area (Å²) >= 11 is 0. The number of carbonyl (C=O) groups is 3. The van der Waals surface area contributed by atoms with Crippen molar-refractivity contribution in [3.8, 4) is 0 Å². The monoisotopic (exact) mass is 377 g/mol. The van der Waals surface area contributed by atoms with E-state index in [1.54, 1.807) is 27.7 Å². The molecule has 7 nitrogen and oxygen atoms in total. The molecule has 0 amide bonds. The summed E-state index contributed by atoms with van der Waals surface area (Å²) in [6, 6.07) is 8.58. The minimum absolute atomic E-state index is 0.373. The van der Waals surface area contributed by atoms with E-state index in [2.05, 4.69) is 0 Å². The lowest BCUT2D eigenvalue weighted by Crippen LogP contribution is -2.53. The second-order valence-electron chi connectivity index (χ2n) is 7.14. The number of hydroxylamine groups is 1. The Kier molecular flexibility index (Phi) is 7.36. The Labute approximate surface area is 159 Å². The summed E-state index contributed by atoms with van der Waals surface area (Å²) in [4.78, 5) is 41.4. The van der Waals surface area contributed by atoms with Gasteiger partial charge in [0, 0.05) is 0 Å². The van der Waals surface area contributed by atoms with Gasteiger partial charge in [-0.15, -0.1) is 0 Å². The van der Waals surface area contributed by atoms with Crippen molar-refractivity contribution in [3.63, 3.8) is 0 Å². The lowest BCUT2D eigenvalue weighted by molar-refractivity contribution is -0.204. The fourth-order valence-corrected chi connectivity index (χ4v) is 2.58. The molecule has 1 aliphatic rings. The molecule has 0 unspecified atom stereocenters. The van der Waals surface area contributed by atoms with Gasteiger partial charge in [0.15, 0.2) is 6.29 Å². The Morgan fingerprint density at radius 3 is 2.07 bits per heavy atom. The van der Waals surface area contributed by atoms with Gasteiger partial charge >= 0.3 is 11.9 Å². The molecule has 0 spiro atoms. The highest BCUT2D eigenvalue weighted by atomic mass is 16.7. The van der Waals surface area contributed by atoms with E-state index in [9.17, 15) is 14.4 Å². The molecule has 1 aromatic rings. The van der Waals surface area contributed by atoms with Crippen molar-refractivity contribution in [2.75, 3.05) is 5.06 Å². The van der Waals surface area contributed by atoms with E-state index in [1.807, 2.05) is 30.3 Å². The number of benzene rings is 1. The first-order valence-corrected chi connectivity index (χ1v) is 9.20. The molecule has 0 bridgehead atoms. The van der Waals surface area contributed by atoms with Gasteiger partial charge in [0.2, 0.25) is 0 Å². The molecule has 148 valence electrons. The number of hydrogen-bond acceptors (Lipinski definition) is 7. The predicted molar refractivity (Wildman–Crippen MR) is 98.5 cm³/mol. The minimum Gasteiger partial charge on any atom is -0.423 e. The molecule has 0 aliphatic carbocycles. The van der Waals surface area contributed by atoms with Crippen LogP contribution in [-0.4, -0.2) is 36.7 Å². The van der Waals surface area contributed by atoms with Gasteiger partial charge in [0.05, 0.1) is 17.5 Å². The van der Waals surface area contributed by atoms with Gasteiger partial charge in [-0.1, -0.05) is 45.9 Å². The first-order valence-electron chi connectivity index (χ1n) is 9.20. The lowest BCUT2D eigenvalue weighted by atomic mass is 10.0. The first kappa shape index (κ1) is 20.9. The Morgan fingerprint density at radius 1 is 1.04 bits per heavy atom. The maximum atomic E-state index is 12.2. The summed E-state index contributed by atoms with van der Waals surface area (Å²) < 4.78 is 11.0. The summed E-state index contributed by atoms with van der Waals surface area (Å²) in [5.74, 6) is -1.69. The first-order chi connectivity index (χ1) is 12.8. The van der Waals surface area contributed by atoms with Crippen LogP contribution < -0.4 is 5.06 Å². The van der Waals surface area contributed by atoms with Gasteiger partial charge in [-0.25, -0.2) is 5.06 Å². The van der Waals surface area contributed by atoms with Crippen LogP contribution in [0.15, 0.2) is 30.3 Å². The number of esters is 2. The van der Waals surface area contributed by atoms with E-state index in [4.69, 9.17) is 14.3 Å². The van der Waals surface area contributed by atoms with Gasteiger partial charge < -0.3 is 14.3 Å². The highest BCUT2D eigenvalue weighted by Gasteiger charge is 2.40.